The first-order chi connectivity index (χ1) is 7.83. The van der Waals surface area contributed by atoms with Gasteiger partial charge in [-0.3, -0.25) is 9.48 Å². The minimum atomic E-state index is -4.45. The van der Waals surface area contributed by atoms with Gasteiger partial charge in [0.05, 0.1) is 0 Å². The van der Waals surface area contributed by atoms with Crippen LogP contribution >= 0.6 is 11.6 Å². The zero-order valence-electron chi connectivity index (χ0n) is 9.04. The van der Waals surface area contributed by atoms with Crippen LogP contribution in [0.1, 0.15) is 10.5 Å². The van der Waals surface area contributed by atoms with Gasteiger partial charge in [0.1, 0.15) is 12.2 Å². The monoisotopic (exact) mass is 269 g/mol. The minimum Gasteiger partial charge on any atom is -0.327 e. The van der Waals surface area contributed by atoms with Gasteiger partial charge in [0.2, 0.25) is 0 Å². The number of nitrogens with zero attached hydrogens (tertiary/aromatic N) is 3. The predicted molar refractivity (Wildman–Crippen MR) is 55.9 cm³/mol. The standard InChI is InChI=1S/C9H11ClF3N3O/c1-15-4-2-7(14-15)8(17)16(5-3-10)6-9(11,12)13/h2,4H,3,5-6H2,1H3. The molecule has 4 nitrogen and oxygen atoms in total. The lowest BCUT2D eigenvalue weighted by Gasteiger charge is -2.21. The fourth-order valence-corrected chi connectivity index (χ4v) is 1.47. The van der Waals surface area contributed by atoms with Gasteiger partial charge in [0.15, 0.2) is 0 Å². The summed E-state index contributed by atoms with van der Waals surface area (Å²) < 4.78 is 38.1. The molecule has 0 bridgehead atoms. The van der Waals surface area contributed by atoms with Gasteiger partial charge in [-0.1, -0.05) is 0 Å². The van der Waals surface area contributed by atoms with Crippen molar-refractivity contribution in [2.45, 2.75) is 6.18 Å². The summed E-state index contributed by atoms with van der Waals surface area (Å²) in [5.41, 5.74) is -0.0260. The number of aryl methyl sites for hydroxylation is 1. The lowest BCUT2D eigenvalue weighted by molar-refractivity contribution is -0.140. The summed E-state index contributed by atoms with van der Waals surface area (Å²) in [6, 6.07) is 1.36. The average molecular weight is 270 g/mol. The summed E-state index contributed by atoms with van der Waals surface area (Å²) in [7, 11) is 1.58. The fourth-order valence-electron chi connectivity index (χ4n) is 1.26. The van der Waals surface area contributed by atoms with E-state index in [0.29, 0.717) is 4.90 Å². The van der Waals surface area contributed by atoms with Crippen molar-refractivity contribution in [3.8, 4) is 0 Å². The third kappa shape index (κ3) is 4.26. The molecule has 1 rings (SSSR count). The van der Waals surface area contributed by atoms with Crippen LogP contribution in [0.5, 0.6) is 0 Å². The Balaban J connectivity index is 2.80. The van der Waals surface area contributed by atoms with Gasteiger partial charge in [-0.25, -0.2) is 0 Å². The number of alkyl halides is 4. The van der Waals surface area contributed by atoms with E-state index in [4.69, 9.17) is 11.6 Å². The molecule has 17 heavy (non-hydrogen) atoms. The van der Waals surface area contributed by atoms with Gasteiger partial charge in [-0.05, 0) is 6.07 Å². The number of carbonyl (C=O) groups excluding carboxylic acids is 1. The zero-order valence-corrected chi connectivity index (χ0v) is 9.79. The van der Waals surface area contributed by atoms with Gasteiger partial charge in [0, 0.05) is 25.7 Å². The molecule has 1 aromatic rings. The lowest BCUT2D eigenvalue weighted by Crippen LogP contribution is -2.40. The van der Waals surface area contributed by atoms with Crippen molar-refractivity contribution in [2.24, 2.45) is 7.05 Å². The molecule has 0 radical (unpaired) electrons. The molecular weight excluding hydrogens is 259 g/mol. The maximum Gasteiger partial charge on any atom is 0.406 e. The van der Waals surface area contributed by atoms with E-state index in [-0.39, 0.29) is 18.1 Å². The van der Waals surface area contributed by atoms with E-state index >= 15 is 0 Å². The molecule has 8 heteroatoms. The second-order valence-corrected chi connectivity index (χ2v) is 3.78. The van der Waals surface area contributed by atoms with Gasteiger partial charge in [0.25, 0.3) is 5.91 Å². The summed E-state index contributed by atoms with van der Waals surface area (Å²) in [5, 5.41) is 3.76. The van der Waals surface area contributed by atoms with Crippen LogP contribution in [-0.4, -0.2) is 45.7 Å². The molecule has 0 saturated heterocycles. The number of hydrogen-bond donors (Lipinski definition) is 0. The summed E-state index contributed by atoms with van der Waals surface area (Å²) in [6.07, 6.45) is -2.96. The molecule has 1 aromatic heterocycles. The second-order valence-electron chi connectivity index (χ2n) is 3.41. The molecule has 0 aliphatic rings. The molecule has 0 atom stereocenters. The van der Waals surface area contributed by atoms with Crippen molar-refractivity contribution in [1.82, 2.24) is 14.7 Å². The van der Waals surface area contributed by atoms with Crippen molar-refractivity contribution in [2.75, 3.05) is 19.0 Å². The Labute approximate surface area is 101 Å². The quantitative estimate of drug-likeness (QED) is 0.780. The van der Waals surface area contributed by atoms with E-state index in [1.807, 2.05) is 0 Å². The van der Waals surface area contributed by atoms with Crippen LogP contribution in [0.2, 0.25) is 0 Å². The van der Waals surface area contributed by atoms with Gasteiger partial charge < -0.3 is 4.90 Å². The number of amides is 1. The highest BCUT2D eigenvalue weighted by Crippen LogP contribution is 2.17. The summed E-state index contributed by atoms with van der Waals surface area (Å²) in [5.74, 6) is -0.835. The normalized spacial score (nSPS) is 11.6. The van der Waals surface area contributed by atoms with Gasteiger partial charge in [-0.2, -0.15) is 18.3 Å². The molecule has 0 fully saturated rings. The van der Waals surface area contributed by atoms with E-state index in [1.165, 1.54) is 16.9 Å². The molecule has 0 spiro atoms. The smallest absolute Gasteiger partial charge is 0.327 e. The highest BCUT2D eigenvalue weighted by molar-refractivity contribution is 6.18. The molecule has 1 amide bonds. The lowest BCUT2D eigenvalue weighted by atomic mass is 10.3. The Morgan fingerprint density at radius 3 is 2.65 bits per heavy atom. The van der Waals surface area contributed by atoms with Crippen LogP contribution in [0, 0.1) is 0 Å². The summed E-state index contributed by atoms with van der Waals surface area (Å²) in [4.78, 5) is 12.4. The number of carbonyl (C=O) groups is 1. The third-order valence-electron chi connectivity index (χ3n) is 1.94. The first-order valence-corrected chi connectivity index (χ1v) is 5.28. The summed E-state index contributed by atoms with van der Waals surface area (Å²) >= 11 is 5.38. The first-order valence-electron chi connectivity index (χ1n) is 4.75. The molecule has 0 N–H and O–H groups in total. The molecule has 1 heterocycles. The Morgan fingerprint density at radius 2 is 2.24 bits per heavy atom. The molecule has 96 valence electrons. The van der Waals surface area contributed by atoms with Crippen LogP contribution in [0.4, 0.5) is 13.2 Å². The van der Waals surface area contributed by atoms with E-state index in [1.54, 1.807) is 7.05 Å². The molecule has 0 saturated carbocycles. The molecule has 0 aliphatic carbocycles. The maximum atomic E-state index is 12.2. The third-order valence-corrected chi connectivity index (χ3v) is 2.11. The Hall–Kier alpha value is -1.24. The zero-order chi connectivity index (χ0) is 13.1. The van der Waals surface area contributed by atoms with Gasteiger partial charge in [-0.15, -0.1) is 11.6 Å². The highest BCUT2D eigenvalue weighted by atomic mass is 35.5. The van der Waals surface area contributed by atoms with Crippen molar-refractivity contribution >= 4 is 17.5 Å². The van der Waals surface area contributed by atoms with E-state index in [9.17, 15) is 18.0 Å². The second kappa shape index (κ2) is 5.39. The Morgan fingerprint density at radius 1 is 1.59 bits per heavy atom. The van der Waals surface area contributed by atoms with Crippen LogP contribution in [0.15, 0.2) is 12.3 Å². The van der Waals surface area contributed by atoms with E-state index in [2.05, 4.69) is 5.10 Å². The highest BCUT2D eigenvalue weighted by Gasteiger charge is 2.33. The van der Waals surface area contributed by atoms with Gasteiger partial charge >= 0.3 is 6.18 Å². The Bertz CT molecular complexity index is 391. The largest absolute Gasteiger partial charge is 0.406 e. The van der Waals surface area contributed by atoms with Crippen molar-refractivity contribution in [1.29, 1.82) is 0 Å². The van der Waals surface area contributed by atoms with Crippen LogP contribution in [0.25, 0.3) is 0 Å². The maximum absolute atomic E-state index is 12.2. The minimum absolute atomic E-state index is 0.0260. The van der Waals surface area contributed by atoms with E-state index < -0.39 is 18.6 Å². The Kier molecular flexibility index (Phi) is 4.39. The van der Waals surface area contributed by atoms with Crippen molar-refractivity contribution < 1.29 is 18.0 Å². The van der Waals surface area contributed by atoms with Crippen molar-refractivity contribution in [3.63, 3.8) is 0 Å². The van der Waals surface area contributed by atoms with Crippen molar-refractivity contribution in [3.05, 3.63) is 18.0 Å². The molecular formula is C9H11ClF3N3O. The van der Waals surface area contributed by atoms with E-state index in [0.717, 1.165) is 0 Å². The molecule has 0 aromatic carbocycles. The number of halogens is 4. The first kappa shape index (κ1) is 13.8. The SMILES string of the molecule is Cn1ccc(C(=O)N(CCCl)CC(F)(F)F)n1. The summed E-state index contributed by atoms with van der Waals surface area (Å²) in [6.45, 7) is -1.49. The number of hydrogen-bond acceptors (Lipinski definition) is 2. The average Bonchev–Trinajstić information content (AvgIpc) is 2.61. The van der Waals surface area contributed by atoms with Crippen LogP contribution in [-0.2, 0) is 7.05 Å². The predicted octanol–water partition coefficient (Wildman–Crippen LogP) is 1.66. The van der Waals surface area contributed by atoms with Crippen LogP contribution in [0.3, 0.4) is 0 Å². The molecule has 0 aliphatic heterocycles. The topological polar surface area (TPSA) is 38.1 Å². The molecule has 0 unspecified atom stereocenters. The van der Waals surface area contributed by atoms with Crippen LogP contribution < -0.4 is 0 Å². The number of aromatic nitrogens is 2. The number of rotatable bonds is 4. The fraction of sp³-hybridized carbons (Fsp3) is 0.556.